The summed E-state index contributed by atoms with van der Waals surface area (Å²) in [5, 5.41) is 3.41. The van der Waals surface area contributed by atoms with E-state index in [2.05, 4.69) is 10.3 Å². The first-order chi connectivity index (χ1) is 9.61. The van der Waals surface area contributed by atoms with Gasteiger partial charge in [-0.25, -0.2) is 4.98 Å². The fourth-order valence-electron chi connectivity index (χ4n) is 1.57. The molecule has 1 amide bonds. The summed E-state index contributed by atoms with van der Waals surface area (Å²) in [5.74, 6) is 0.553. The van der Waals surface area contributed by atoms with Gasteiger partial charge in [0.1, 0.15) is 0 Å². The van der Waals surface area contributed by atoms with Crippen molar-refractivity contribution in [2.45, 2.75) is 6.92 Å². The molecule has 104 valence electrons. The van der Waals surface area contributed by atoms with E-state index in [9.17, 15) is 4.79 Å². The second-order valence-corrected chi connectivity index (χ2v) is 4.68. The first-order valence-electron chi connectivity index (χ1n) is 5.96. The molecule has 0 bridgehead atoms. The second kappa shape index (κ2) is 6.59. The van der Waals surface area contributed by atoms with Gasteiger partial charge in [0, 0.05) is 11.8 Å². The van der Waals surface area contributed by atoms with Crippen molar-refractivity contribution in [3.63, 3.8) is 0 Å². The van der Waals surface area contributed by atoms with Crippen molar-refractivity contribution < 1.29 is 9.53 Å². The van der Waals surface area contributed by atoms with Crippen molar-refractivity contribution in [2.24, 2.45) is 0 Å². The molecule has 1 N–H and O–H groups in total. The molecule has 0 unspecified atom stereocenters. The van der Waals surface area contributed by atoms with E-state index >= 15 is 0 Å². The van der Waals surface area contributed by atoms with Gasteiger partial charge in [-0.15, -0.1) is 0 Å². The van der Waals surface area contributed by atoms with Crippen LogP contribution in [0.15, 0.2) is 36.5 Å². The van der Waals surface area contributed by atoms with Gasteiger partial charge in [-0.1, -0.05) is 23.2 Å². The lowest BCUT2D eigenvalue weighted by Gasteiger charge is -2.10. The number of rotatable bonds is 4. The van der Waals surface area contributed by atoms with E-state index in [-0.39, 0.29) is 5.91 Å². The number of carbonyl (C=O) groups is 1. The zero-order valence-corrected chi connectivity index (χ0v) is 12.2. The molecule has 0 radical (unpaired) electrons. The van der Waals surface area contributed by atoms with E-state index in [1.165, 1.54) is 6.07 Å². The Labute approximate surface area is 126 Å². The first-order valence-corrected chi connectivity index (χ1v) is 6.71. The molecule has 1 heterocycles. The number of nitrogens with one attached hydrogen (secondary N) is 1. The van der Waals surface area contributed by atoms with Crippen LogP contribution >= 0.6 is 23.2 Å². The number of hydrogen-bond acceptors (Lipinski definition) is 3. The topological polar surface area (TPSA) is 51.2 Å². The Morgan fingerprint density at radius 3 is 2.80 bits per heavy atom. The SMILES string of the molecule is CCOc1cccnc1NC(=O)c1ccc(Cl)c(Cl)c1. The summed E-state index contributed by atoms with van der Waals surface area (Å²) < 4.78 is 5.39. The maximum atomic E-state index is 12.1. The van der Waals surface area contributed by atoms with E-state index in [1.807, 2.05) is 6.92 Å². The van der Waals surface area contributed by atoms with Gasteiger partial charge in [-0.05, 0) is 37.3 Å². The van der Waals surface area contributed by atoms with Gasteiger partial charge in [0.05, 0.1) is 16.7 Å². The molecule has 1 aromatic carbocycles. The lowest BCUT2D eigenvalue weighted by molar-refractivity contribution is 0.102. The van der Waals surface area contributed by atoms with E-state index in [4.69, 9.17) is 27.9 Å². The van der Waals surface area contributed by atoms with Crippen LogP contribution in [-0.4, -0.2) is 17.5 Å². The molecule has 2 aromatic rings. The Hall–Kier alpha value is -1.78. The number of benzene rings is 1. The minimum Gasteiger partial charge on any atom is -0.490 e. The van der Waals surface area contributed by atoms with Crippen molar-refractivity contribution >= 4 is 34.9 Å². The zero-order chi connectivity index (χ0) is 14.5. The van der Waals surface area contributed by atoms with Crippen LogP contribution in [-0.2, 0) is 0 Å². The summed E-state index contributed by atoms with van der Waals surface area (Å²) in [4.78, 5) is 16.2. The second-order valence-electron chi connectivity index (χ2n) is 3.87. The molecule has 20 heavy (non-hydrogen) atoms. The van der Waals surface area contributed by atoms with E-state index in [0.29, 0.717) is 33.8 Å². The van der Waals surface area contributed by atoms with Crippen LogP contribution in [0.3, 0.4) is 0 Å². The van der Waals surface area contributed by atoms with Crippen molar-refractivity contribution in [3.05, 3.63) is 52.1 Å². The zero-order valence-electron chi connectivity index (χ0n) is 10.7. The summed E-state index contributed by atoms with van der Waals surface area (Å²) in [7, 11) is 0. The van der Waals surface area contributed by atoms with Gasteiger partial charge in [0.25, 0.3) is 5.91 Å². The maximum absolute atomic E-state index is 12.1. The Balaban J connectivity index is 2.21. The summed E-state index contributed by atoms with van der Waals surface area (Å²) in [6.45, 7) is 2.35. The third-order valence-corrected chi connectivity index (χ3v) is 3.22. The van der Waals surface area contributed by atoms with Gasteiger partial charge >= 0.3 is 0 Å². The number of anilines is 1. The standard InChI is InChI=1S/C14H12Cl2N2O2/c1-2-20-12-4-3-7-17-13(12)18-14(19)9-5-6-10(15)11(16)8-9/h3-8H,2H2,1H3,(H,17,18,19). The lowest BCUT2D eigenvalue weighted by Crippen LogP contribution is -2.14. The predicted molar refractivity (Wildman–Crippen MR) is 79.8 cm³/mol. The van der Waals surface area contributed by atoms with Gasteiger partial charge in [-0.2, -0.15) is 0 Å². The highest BCUT2D eigenvalue weighted by Crippen LogP contribution is 2.24. The highest BCUT2D eigenvalue weighted by molar-refractivity contribution is 6.42. The van der Waals surface area contributed by atoms with Gasteiger partial charge in [0.2, 0.25) is 0 Å². The Kier molecular flexibility index (Phi) is 4.82. The third kappa shape index (κ3) is 3.40. The summed E-state index contributed by atoms with van der Waals surface area (Å²) in [5.41, 5.74) is 0.396. The van der Waals surface area contributed by atoms with Crippen molar-refractivity contribution in [2.75, 3.05) is 11.9 Å². The Morgan fingerprint density at radius 2 is 2.10 bits per heavy atom. The highest BCUT2D eigenvalue weighted by Gasteiger charge is 2.12. The monoisotopic (exact) mass is 310 g/mol. The molecule has 0 aliphatic heterocycles. The van der Waals surface area contributed by atoms with Crippen LogP contribution in [0.4, 0.5) is 5.82 Å². The van der Waals surface area contributed by atoms with Crippen molar-refractivity contribution in [1.82, 2.24) is 4.98 Å². The molecule has 2 rings (SSSR count). The third-order valence-electron chi connectivity index (χ3n) is 2.48. The summed E-state index contributed by atoms with van der Waals surface area (Å²) in [6, 6.07) is 8.14. The molecule has 6 heteroatoms. The molecule has 0 saturated carbocycles. The fraction of sp³-hybridized carbons (Fsp3) is 0.143. The number of nitrogens with zero attached hydrogens (tertiary/aromatic N) is 1. The van der Waals surface area contributed by atoms with Gasteiger partial charge in [-0.3, -0.25) is 4.79 Å². The van der Waals surface area contributed by atoms with Crippen LogP contribution < -0.4 is 10.1 Å². The van der Waals surface area contributed by atoms with Gasteiger partial charge in [0.15, 0.2) is 11.6 Å². The molecular formula is C14H12Cl2N2O2. The average molecular weight is 311 g/mol. The normalized spacial score (nSPS) is 10.2. The minimum atomic E-state index is -0.330. The van der Waals surface area contributed by atoms with E-state index in [1.54, 1.807) is 30.5 Å². The largest absolute Gasteiger partial charge is 0.490 e. The highest BCUT2D eigenvalue weighted by atomic mass is 35.5. The van der Waals surface area contributed by atoms with Gasteiger partial charge < -0.3 is 10.1 Å². The van der Waals surface area contributed by atoms with Crippen LogP contribution in [0, 0.1) is 0 Å². The number of pyridine rings is 1. The molecule has 0 spiro atoms. The molecule has 4 nitrogen and oxygen atoms in total. The van der Waals surface area contributed by atoms with Crippen LogP contribution in [0.25, 0.3) is 0 Å². The molecule has 0 atom stereocenters. The number of amides is 1. The molecular weight excluding hydrogens is 299 g/mol. The molecule has 0 saturated heterocycles. The number of halogens is 2. The maximum Gasteiger partial charge on any atom is 0.256 e. The fourth-order valence-corrected chi connectivity index (χ4v) is 1.87. The molecule has 0 aliphatic rings. The smallest absolute Gasteiger partial charge is 0.256 e. The predicted octanol–water partition coefficient (Wildman–Crippen LogP) is 4.04. The number of hydrogen-bond donors (Lipinski definition) is 1. The summed E-state index contributed by atoms with van der Waals surface area (Å²) in [6.07, 6.45) is 1.58. The van der Waals surface area contributed by atoms with E-state index < -0.39 is 0 Å². The first kappa shape index (κ1) is 14.6. The quantitative estimate of drug-likeness (QED) is 0.927. The van der Waals surface area contributed by atoms with Crippen LogP contribution in [0.1, 0.15) is 17.3 Å². The van der Waals surface area contributed by atoms with Crippen molar-refractivity contribution in [3.8, 4) is 5.75 Å². The average Bonchev–Trinajstić information content (AvgIpc) is 2.44. The Morgan fingerprint density at radius 1 is 1.30 bits per heavy atom. The minimum absolute atomic E-state index is 0.324. The molecule has 0 fully saturated rings. The van der Waals surface area contributed by atoms with Crippen LogP contribution in [0.5, 0.6) is 5.75 Å². The lowest BCUT2D eigenvalue weighted by atomic mass is 10.2. The summed E-state index contributed by atoms with van der Waals surface area (Å²) >= 11 is 11.7. The van der Waals surface area contributed by atoms with Crippen molar-refractivity contribution in [1.29, 1.82) is 0 Å². The number of aromatic nitrogens is 1. The van der Waals surface area contributed by atoms with E-state index in [0.717, 1.165) is 0 Å². The molecule has 0 aliphatic carbocycles. The molecule has 1 aromatic heterocycles. The Bertz CT molecular complexity index is 632. The van der Waals surface area contributed by atoms with Crippen LogP contribution in [0.2, 0.25) is 10.0 Å². The number of ether oxygens (including phenoxy) is 1. The number of carbonyl (C=O) groups excluding carboxylic acids is 1.